The van der Waals surface area contributed by atoms with E-state index in [1.165, 1.54) is 0 Å². The third-order valence-electron chi connectivity index (χ3n) is 3.62. The van der Waals surface area contributed by atoms with E-state index in [2.05, 4.69) is 10.6 Å². The Balaban J connectivity index is 1.70. The molecule has 0 bridgehead atoms. The van der Waals surface area contributed by atoms with Gasteiger partial charge in [0.05, 0.1) is 5.56 Å². The van der Waals surface area contributed by atoms with E-state index in [9.17, 15) is 18.4 Å². The number of amides is 2. The van der Waals surface area contributed by atoms with Crippen LogP contribution in [0.2, 0.25) is 0 Å². The molecule has 0 atom stereocenters. The van der Waals surface area contributed by atoms with Gasteiger partial charge in [-0.25, -0.2) is 8.78 Å². The van der Waals surface area contributed by atoms with Gasteiger partial charge in [-0.2, -0.15) is 0 Å². The van der Waals surface area contributed by atoms with Crippen LogP contribution in [0.25, 0.3) is 0 Å². The minimum Gasteiger partial charge on any atom is -0.483 e. The van der Waals surface area contributed by atoms with Gasteiger partial charge in [0.15, 0.2) is 6.61 Å². The lowest BCUT2D eigenvalue weighted by Crippen LogP contribution is -2.37. The lowest BCUT2D eigenvalue weighted by Gasteiger charge is -2.11. The van der Waals surface area contributed by atoms with E-state index < -0.39 is 17.5 Å². The summed E-state index contributed by atoms with van der Waals surface area (Å²) < 4.78 is 31.8. The fourth-order valence-corrected chi connectivity index (χ4v) is 2.28. The number of carbonyl (C=O) groups excluding carboxylic acids is 2. The van der Waals surface area contributed by atoms with Crippen molar-refractivity contribution in [1.29, 1.82) is 0 Å². The molecule has 0 aliphatic rings. The molecule has 2 aromatic carbocycles. The number of ether oxygens (including phenoxy) is 1. The molecule has 138 valence electrons. The molecule has 0 spiro atoms. The monoisotopic (exact) mass is 362 g/mol. The van der Waals surface area contributed by atoms with E-state index in [4.69, 9.17) is 4.74 Å². The molecule has 5 nitrogen and oxygen atoms in total. The van der Waals surface area contributed by atoms with Crippen LogP contribution in [0.3, 0.4) is 0 Å². The molecule has 0 aliphatic carbocycles. The summed E-state index contributed by atoms with van der Waals surface area (Å²) in [6.07, 6.45) is 0.795. The molecule has 7 heteroatoms. The summed E-state index contributed by atoms with van der Waals surface area (Å²) >= 11 is 0. The second-order valence-corrected chi connectivity index (χ2v) is 5.48. The lowest BCUT2D eigenvalue weighted by atomic mass is 10.1. The third-order valence-corrected chi connectivity index (χ3v) is 3.62. The summed E-state index contributed by atoms with van der Waals surface area (Å²) in [7, 11) is 0. The Labute approximate surface area is 150 Å². The van der Waals surface area contributed by atoms with Crippen LogP contribution in [0.15, 0.2) is 42.5 Å². The van der Waals surface area contributed by atoms with Crippen LogP contribution >= 0.6 is 0 Å². The molecule has 0 saturated heterocycles. The smallest absolute Gasteiger partial charge is 0.258 e. The summed E-state index contributed by atoms with van der Waals surface area (Å²) in [6, 6.07) is 10.2. The van der Waals surface area contributed by atoms with Gasteiger partial charge < -0.3 is 15.4 Å². The Morgan fingerprint density at radius 2 is 1.77 bits per heavy atom. The molecule has 0 aromatic heterocycles. The molecule has 2 rings (SSSR count). The Morgan fingerprint density at radius 1 is 1.04 bits per heavy atom. The Kier molecular flexibility index (Phi) is 7.08. The minimum absolute atomic E-state index is 0.104. The third kappa shape index (κ3) is 5.54. The van der Waals surface area contributed by atoms with Gasteiger partial charge in [-0.1, -0.05) is 25.1 Å². The van der Waals surface area contributed by atoms with Crippen molar-refractivity contribution in [3.8, 4) is 5.75 Å². The van der Waals surface area contributed by atoms with Crippen LogP contribution in [-0.2, 0) is 11.2 Å². The zero-order chi connectivity index (χ0) is 18.9. The molecule has 0 radical (unpaired) electrons. The first-order chi connectivity index (χ1) is 12.5. The molecule has 2 amide bonds. The number of hydrogen-bond donors (Lipinski definition) is 2. The summed E-state index contributed by atoms with van der Waals surface area (Å²) in [5.74, 6) is -2.04. The molecule has 0 saturated carbocycles. The summed E-state index contributed by atoms with van der Waals surface area (Å²) in [5, 5.41) is 5.04. The lowest BCUT2D eigenvalue weighted by molar-refractivity contribution is -0.123. The number of hydrogen-bond acceptors (Lipinski definition) is 3. The standard InChI is InChI=1S/C19H20F2N2O3/c1-2-13-5-3-4-6-17(13)26-12-18(24)22-9-10-23-19(25)15-8-7-14(20)11-16(15)21/h3-8,11H,2,9-10,12H2,1H3,(H,22,24)(H,23,25). The number of aryl methyl sites for hydroxylation is 1. The maximum Gasteiger partial charge on any atom is 0.258 e. The van der Waals surface area contributed by atoms with Gasteiger partial charge in [0.2, 0.25) is 0 Å². The highest BCUT2D eigenvalue weighted by Gasteiger charge is 2.12. The Hall–Kier alpha value is -2.96. The zero-order valence-corrected chi connectivity index (χ0v) is 14.4. The number of rotatable bonds is 8. The first-order valence-electron chi connectivity index (χ1n) is 8.22. The largest absolute Gasteiger partial charge is 0.483 e. The average Bonchev–Trinajstić information content (AvgIpc) is 2.63. The van der Waals surface area contributed by atoms with Crippen molar-refractivity contribution in [2.24, 2.45) is 0 Å². The second kappa shape index (κ2) is 9.50. The van der Waals surface area contributed by atoms with E-state index in [-0.39, 0.29) is 31.2 Å². The van der Waals surface area contributed by atoms with Crippen molar-refractivity contribution in [3.63, 3.8) is 0 Å². The maximum atomic E-state index is 13.5. The van der Waals surface area contributed by atoms with Gasteiger partial charge in [-0.3, -0.25) is 9.59 Å². The van der Waals surface area contributed by atoms with Crippen molar-refractivity contribution in [2.75, 3.05) is 19.7 Å². The minimum atomic E-state index is -0.936. The summed E-state index contributed by atoms with van der Waals surface area (Å²) in [4.78, 5) is 23.6. The van der Waals surface area contributed by atoms with Crippen LogP contribution in [0, 0.1) is 11.6 Å². The normalized spacial score (nSPS) is 10.3. The number of halogens is 2. The number of para-hydroxylation sites is 1. The fraction of sp³-hybridized carbons (Fsp3) is 0.263. The van der Waals surface area contributed by atoms with Gasteiger partial charge in [0.25, 0.3) is 11.8 Å². The molecular formula is C19H20F2N2O3. The highest BCUT2D eigenvalue weighted by molar-refractivity contribution is 5.94. The van der Waals surface area contributed by atoms with Crippen molar-refractivity contribution in [2.45, 2.75) is 13.3 Å². The molecule has 0 aliphatic heterocycles. The number of benzene rings is 2. The van der Waals surface area contributed by atoms with E-state index in [0.29, 0.717) is 11.8 Å². The molecule has 26 heavy (non-hydrogen) atoms. The second-order valence-electron chi connectivity index (χ2n) is 5.48. The quantitative estimate of drug-likeness (QED) is 0.709. The van der Waals surface area contributed by atoms with Crippen molar-refractivity contribution in [3.05, 3.63) is 65.2 Å². The van der Waals surface area contributed by atoms with Gasteiger partial charge in [-0.05, 0) is 30.2 Å². The molecule has 0 unspecified atom stereocenters. The van der Waals surface area contributed by atoms with E-state index in [0.717, 1.165) is 24.1 Å². The van der Waals surface area contributed by atoms with Gasteiger partial charge >= 0.3 is 0 Å². The Morgan fingerprint density at radius 3 is 2.50 bits per heavy atom. The van der Waals surface area contributed by atoms with Gasteiger partial charge in [0, 0.05) is 19.2 Å². The number of carbonyl (C=O) groups is 2. The van der Waals surface area contributed by atoms with Gasteiger partial charge in [-0.15, -0.1) is 0 Å². The van der Waals surface area contributed by atoms with E-state index >= 15 is 0 Å². The predicted octanol–water partition coefficient (Wildman–Crippen LogP) is 2.45. The molecule has 0 heterocycles. The summed E-state index contributed by atoms with van der Waals surface area (Å²) in [6.45, 7) is 2.12. The van der Waals surface area contributed by atoms with Crippen LogP contribution in [0.5, 0.6) is 5.75 Å². The molecule has 2 N–H and O–H groups in total. The highest BCUT2D eigenvalue weighted by atomic mass is 19.1. The van der Waals surface area contributed by atoms with Crippen LogP contribution < -0.4 is 15.4 Å². The first-order valence-corrected chi connectivity index (χ1v) is 8.22. The average molecular weight is 362 g/mol. The van der Waals surface area contributed by atoms with Crippen molar-refractivity contribution in [1.82, 2.24) is 10.6 Å². The van der Waals surface area contributed by atoms with Crippen molar-refractivity contribution >= 4 is 11.8 Å². The fourth-order valence-electron chi connectivity index (χ4n) is 2.28. The van der Waals surface area contributed by atoms with Gasteiger partial charge in [0.1, 0.15) is 17.4 Å². The van der Waals surface area contributed by atoms with Crippen LogP contribution in [-0.4, -0.2) is 31.5 Å². The van der Waals surface area contributed by atoms with Crippen LogP contribution in [0.1, 0.15) is 22.8 Å². The molecular weight excluding hydrogens is 342 g/mol. The maximum absolute atomic E-state index is 13.5. The summed E-state index contributed by atoms with van der Waals surface area (Å²) in [5.41, 5.74) is 0.756. The molecule has 2 aromatic rings. The van der Waals surface area contributed by atoms with E-state index in [1.807, 2.05) is 25.1 Å². The topological polar surface area (TPSA) is 67.4 Å². The Bertz CT molecular complexity index is 781. The highest BCUT2D eigenvalue weighted by Crippen LogP contribution is 2.17. The predicted molar refractivity (Wildman–Crippen MR) is 93.0 cm³/mol. The SMILES string of the molecule is CCc1ccccc1OCC(=O)NCCNC(=O)c1ccc(F)cc1F. The van der Waals surface area contributed by atoms with E-state index in [1.54, 1.807) is 6.07 Å². The zero-order valence-electron chi connectivity index (χ0n) is 14.4. The molecule has 0 fully saturated rings. The first kappa shape index (κ1) is 19.4. The van der Waals surface area contributed by atoms with Crippen LogP contribution in [0.4, 0.5) is 8.78 Å². The van der Waals surface area contributed by atoms with Crippen molar-refractivity contribution < 1.29 is 23.1 Å². The number of nitrogens with one attached hydrogen (secondary N) is 2.